The number of halogens is 2. The van der Waals surface area contributed by atoms with Gasteiger partial charge in [-0.15, -0.1) is 0 Å². The molecule has 1 amide bonds. The summed E-state index contributed by atoms with van der Waals surface area (Å²) in [6, 6.07) is 4.01. The molecule has 1 N–H and O–H groups in total. The summed E-state index contributed by atoms with van der Waals surface area (Å²) in [4.78, 5) is 15.0. The third-order valence-electron chi connectivity index (χ3n) is 2.35. The highest BCUT2D eigenvalue weighted by atomic mass is 19.2. The van der Waals surface area contributed by atoms with Crippen molar-refractivity contribution in [1.29, 1.82) is 0 Å². The molecule has 0 bridgehead atoms. The van der Waals surface area contributed by atoms with Crippen molar-refractivity contribution in [2.75, 3.05) is 5.32 Å². The minimum atomic E-state index is -0.976. The van der Waals surface area contributed by atoms with Gasteiger partial charge in [-0.25, -0.2) is 8.78 Å². The molecule has 0 spiro atoms. The first-order chi connectivity index (χ1) is 8.11. The maximum Gasteiger partial charge on any atom is 0.224 e. The average molecular weight is 236 g/mol. The van der Waals surface area contributed by atoms with Crippen molar-refractivity contribution in [3.8, 4) is 0 Å². The lowest BCUT2D eigenvalue weighted by atomic mass is 10.2. The van der Waals surface area contributed by atoms with Gasteiger partial charge in [-0.3, -0.25) is 9.78 Å². The predicted octanol–water partition coefficient (Wildman–Crippen LogP) is 2.86. The fraction of sp³-hybridized carbons (Fsp3) is 0.167. The van der Waals surface area contributed by atoms with E-state index in [-0.39, 0.29) is 11.4 Å². The van der Waals surface area contributed by atoms with Crippen LogP contribution in [-0.4, -0.2) is 10.9 Å². The number of carbonyl (C=O) groups is 1. The third kappa shape index (κ3) is 2.22. The summed E-state index contributed by atoms with van der Waals surface area (Å²) in [5.74, 6) is -2.07. The highest BCUT2D eigenvalue weighted by Crippen LogP contribution is 2.21. The molecule has 1 heterocycles. The van der Waals surface area contributed by atoms with E-state index in [9.17, 15) is 13.6 Å². The van der Waals surface area contributed by atoms with Gasteiger partial charge in [0.05, 0.1) is 11.9 Å². The molecule has 0 aliphatic heterocycles. The van der Waals surface area contributed by atoms with Gasteiger partial charge in [-0.2, -0.15) is 0 Å². The Hall–Kier alpha value is -2.04. The number of carbonyl (C=O) groups excluding carboxylic acids is 1. The summed E-state index contributed by atoms with van der Waals surface area (Å²) in [6.07, 6.45) is 1.65. The largest absolute Gasteiger partial charge is 0.325 e. The molecule has 0 aliphatic carbocycles. The van der Waals surface area contributed by atoms with Crippen LogP contribution in [0.2, 0.25) is 0 Å². The van der Waals surface area contributed by atoms with Crippen molar-refractivity contribution in [2.24, 2.45) is 0 Å². The van der Waals surface area contributed by atoms with Crippen molar-refractivity contribution >= 4 is 22.5 Å². The van der Waals surface area contributed by atoms with Gasteiger partial charge < -0.3 is 5.32 Å². The summed E-state index contributed by atoms with van der Waals surface area (Å²) >= 11 is 0. The zero-order chi connectivity index (χ0) is 12.4. The molecule has 88 valence electrons. The summed E-state index contributed by atoms with van der Waals surface area (Å²) in [5, 5.41) is 3.04. The molecule has 2 rings (SSSR count). The Morgan fingerprint density at radius 3 is 2.88 bits per heavy atom. The molecular formula is C12H10F2N2O. The summed E-state index contributed by atoms with van der Waals surface area (Å²) in [6.45, 7) is 1.72. The molecule has 0 atom stereocenters. The standard InChI is InChI=1S/C12H10F2N2O/c1-2-10(17)16-8-5-7-3-4-9(13)11(14)12(7)15-6-8/h3-6H,2H2,1H3,(H,16,17). The molecule has 0 saturated carbocycles. The maximum absolute atomic E-state index is 13.3. The Morgan fingerprint density at radius 1 is 1.41 bits per heavy atom. The van der Waals surface area contributed by atoms with E-state index in [2.05, 4.69) is 10.3 Å². The molecule has 1 aromatic carbocycles. The minimum Gasteiger partial charge on any atom is -0.325 e. The first kappa shape index (κ1) is 11.4. The second-order valence-electron chi connectivity index (χ2n) is 3.56. The number of hydrogen-bond donors (Lipinski definition) is 1. The van der Waals surface area contributed by atoms with Crippen LogP contribution in [0.4, 0.5) is 14.5 Å². The topological polar surface area (TPSA) is 42.0 Å². The summed E-state index contributed by atoms with van der Waals surface area (Å²) in [7, 11) is 0. The van der Waals surface area contributed by atoms with E-state index < -0.39 is 11.6 Å². The van der Waals surface area contributed by atoms with Gasteiger partial charge >= 0.3 is 0 Å². The number of nitrogens with zero attached hydrogens (tertiary/aromatic N) is 1. The molecule has 0 radical (unpaired) electrons. The Kier molecular flexibility index (Phi) is 2.99. The molecule has 0 fully saturated rings. The van der Waals surface area contributed by atoms with Crippen LogP contribution >= 0.6 is 0 Å². The maximum atomic E-state index is 13.3. The summed E-state index contributed by atoms with van der Waals surface area (Å²) in [5.41, 5.74) is 0.426. The Balaban J connectivity index is 2.45. The van der Waals surface area contributed by atoms with Crippen LogP contribution in [0.3, 0.4) is 0 Å². The van der Waals surface area contributed by atoms with Gasteiger partial charge in [0.1, 0.15) is 5.52 Å². The first-order valence-electron chi connectivity index (χ1n) is 5.15. The number of aromatic nitrogens is 1. The van der Waals surface area contributed by atoms with Crippen LogP contribution in [0, 0.1) is 11.6 Å². The van der Waals surface area contributed by atoms with Gasteiger partial charge in [-0.05, 0) is 18.2 Å². The van der Waals surface area contributed by atoms with Gasteiger partial charge in [0.2, 0.25) is 5.91 Å². The number of benzene rings is 1. The minimum absolute atomic E-state index is 0.0421. The van der Waals surface area contributed by atoms with E-state index in [1.807, 2.05) is 0 Å². The molecule has 0 aliphatic rings. The number of anilines is 1. The highest BCUT2D eigenvalue weighted by molar-refractivity contribution is 5.92. The third-order valence-corrected chi connectivity index (χ3v) is 2.35. The molecule has 0 saturated heterocycles. The van der Waals surface area contributed by atoms with E-state index in [0.717, 1.165) is 6.07 Å². The molecule has 5 heteroatoms. The molecule has 3 nitrogen and oxygen atoms in total. The number of hydrogen-bond acceptors (Lipinski definition) is 2. The highest BCUT2D eigenvalue weighted by Gasteiger charge is 2.09. The smallest absolute Gasteiger partial charge is 0.224 e. The Bertz CT molecular complexity index is 584. The number of amides is 1. The van der Waals surface area contributed by atoms with Gasteiger partial charge in [0.15, 0.2) is 11.6 Å². The first-order valence-corrected chi connectivity index (χ1v) is 5.15. The second kappa shape index (κ2) is 4.45. The lowest BCUT2D eigenvalue weighted by molar-refractivity contribution is -0.115. The van der Waals surface area contributed by atoms with Crippen LogP contribution < -0.4 is 5.32 Å². The Labute approximate surface area is 96.5 Å². The van der Waals surface area contributed by atoms with Crippen molar-refractivity contribution in [1.82, 2.24) is 4.98 Å². The van der Waals surface area contributed by atoms with E-state index >= 15 is 0 Å². The average Bonchev–Trinajstić information content (AvgIpc) is 2.34. The lowest BCUT2D eigenvalue weighted by Crippen LogP contribution is -2.09. The number of pyridine rings is 1. The quantitative estimate of drug-likeness (QED) is 0.871. The SMILES string of the molecule is CCC(=O)Nc1cnc2c(F)c(F)ccc2c1. The zero-order valence-electron chi connectivity index (χ0n) is 9.13. The second-order valence-corrected chi connectivity index (χ2v) is 3.56. The number of fused-ring (bicyclic) bond motifs is 1. The molecule has 17 heavy (non-hydrogen) atoms. The number of rotatable bonds is 2. The lowest BCUT2D eigenvalue weighted by Gasteiger charge is -2.05. The Morgan fingerprint density at radius 2 is 2.18 bits per heavy atom. The van der Waals surface area contributed by atoms with Crippen molar-refractivity contribution < 1.29 is 13.6 Å². The molecule has 1 aromatic heterocycles. The van der Waals surface area contributed by atoms with Crippen molar-refractivity contribution in [3.63, 3.8) is 0 Å². The normalized spacial score (nSPS) is 10.5. The molecule has 2 aromatic rings. The van der Waals surface area contributed by atoms with E-state index in [0.29, 0.717) is 17.5 Å². The molecule has 0 unspecified atom stereocenters. The number of nitrogens with one attached hydrogen (secondary N) is 1. The van der Waals surface area contributed by atoms with Crippen molar-refractivity contribution in [2.45, 2.75) is 13.3 Å². The zero-order valence-corrected chi connectivity index (χ0v) is 9.13. The van der Waals surface area contributed by atoms with Crippen LogP contribution in [0.15, 0.2) is 24.4 Å². The predicted molar refractivity (Wildman–Crippen MR) is 60.6 cm³/mol. The van der Waals surface area contributed by atoms with Crippen LogP contribution in [0.25, 0.3) is 10.9 Å². The van der Waals surface area contributed by atoms with Crippen LogP contribution in [-0.2, 0) is 4.79 Å². The summed E-state index contributed by atoms with van der Waals surface area (Å²) < 4.78 is 26.3. The van der Waals surface area contributed by atoms with E-state index in [1.54, 1.807) is 13.0 Å². The van der Waals surface area contributed by atoms with Crippen LogP contribution in [0.5, 0.6) is 0 Å². The van der Waals surface area contributed by atoms with Gasteiger partial charge in [-0.1, -0.05) is 6.92 Å². The van der Waals surface area contributed by atoms with Crippen molar-refractivity contribution in [3.05, 3.63) is 36.0 Å². The van der Waals surface area contributed by atoms with E-state index in [4.69, 9.17) is 0 Å². The molecular weight excluding hydrogens is 226 g/mol. The monoisotopic (exact) mass is 236 g/mol. The van der Waals surface area contributed by atoms with Gasteiger partial charge in [0.25, 0.3) is 0 Å². The van der Waals surface area contributed by atoms with Crippen LogP contribution in [0.1, 0.15) is 13.3 Å². The fourth-order valence-electron chi connectivity index (χ4n) is 1.46. The fourth-order valence-corrected chi connectivity index (χ4v) is 1.46. The van der Waals surface area contributed by atoms with Gasteiger partial charge in [0, 0.05) is 11.8 Å². The van der Waals surface area contributed by atoms with E-state index in [1.165, 1.54) is 12.3 Å².